The summed E-state index contributed by atoms with van der Waals surface area (Å²) < 4.78 is 27.2. The topological polar surface area (TPSA) is 130 Å². The molecule has 5 rings (SSSR count). The summed E-state index contributed by atoms with van der Waals surface area (Å²) in [5.74, 6) is -0.0370. The van der Waals surface area contributed by atoms with Crippen molar-refractivity contribution in [3.05, 3.63) is 46.1 Å². The highest BCUT2D eigenvalue weighted by molar-refractivity contribution is 5.89. The predicted octanol–water partition coefficient (Wildman–Crippen LogP) is 3.44. The van der Waals surface area contributed by atoms with Gasteiger partial charge in [0.15, 0.2) is 0 Å². The summed E-state index contributed by atoms with van der Waals surface area (Å²) in [6.45, 7) is 9.22. The minimum atomic E-state index is -0.681. The van der Waals surface area contributed by atoms with Crippen molar-refractivity contribution in [2.75, 3.05) is 44.7 Å². The van der Waals surface area contributed by atoms with Gasteiger partial charge in [0.1, 0.15) is 29.4 Å². The molecule has 1 unspecified atom stereocenters. The molecule has 2 atom stereocenters. The lowest BCUT2D eigenvalue weighted by molar-refractivity contribution is 0.0145. The SMILES string of the molecule is Cc1c(F)cccc1-n1ncc2c(N3CCN(C(=O)OC(C)(C)C)C(CC#N)C3)nc(OC[C@@H]3CCCN3C)nc2c1=O. The number of likely N-dealkylation sites (N-methyl/N-ethyl adjacent to an activating group) is 1. The molecular formula is C30H37FN8O4. The minimum Gasteiger partial charge on any atom is -0.462 e. The molecule has 13 heteroatoms. The Kier molecular flexibility index (Phi) is 8.50. The van der Waals surface area contributed by atoms with E-state index in [1.807, 2.05) is 11.9 Å². The Labute approximate surface area is 249 Å². The number of carbonyl (C=O) groups is 1. The number of piperazine rings is 1. The Morgan fingerprint density at radius 1 is 1.19 bits per heavy atom. The number of nitriles is 1. The molecule has 228 valence electrons. The van der Waals surface area contributed by atoms with Gasteiger partial charge in [0.2, 0.25) is 0 Å². The Morgan fingerprint density at radius 2 is 1.98 bits per heavy atom. The van der Waals surface area contributed by atoms with Crippen LogP contribution in [0.2, 0.25) is 0 Å². The van der Waals surface area contributed by atoms with E-state index in [1.165, 1.54) is 18.3 Å². The van der Waals surface area contributed by atoms with Crippen molar-refractivity contribution < 1.29 is 18.7 Å². The van der Waals surface area contributed by atoms with Crippen LogP contribution in [0, 0.1) is 24.1 Å². The van der Waals surface area contributed by atoms with E-state index in [0.717, 1.165) is 24.1 Å². The van der Waals surface area contributed by atoms with Gasteiger partial charge in [-0.1, -0.05) is 6.07 Å². The average Bonchev–Trinajstić information content (AvgIpc) is 3.37. The predicted molar refractivity (Wildman–Crippen MR) is 158 cm³/mol. The van der Waals surface area contributed by atoms with Crippen LogP contribution in [0.1, 0.15) is 45.6 Å². The third-order valence-electron chi connectivity index (χ3n) is 7.88. The minimum absolute atomic E-state index is 0.0417. The van der Waals surface area contributed by atoms with Crippen LogP contribution in [0.15, 0.2) is 29.2 Å². The van der Waals surface area contributed by atoms with E-state index < -0.39 is 29.1 Å². The van der Waals surface area contributed by atoms with Gasteiger partial charge in [-0.25, -0.2) is 9.18 Å². The molecule has 2 fully saturated rings. The Morgan fingerprint density at radius 3 is 2.67 bits per heavy atom. The summed E-state index contributed by atoms with van der Waals surface area (Å²) in [5.41, 5.74) is -0.561. The van der Waals surface area contributed by atoms with Crippen molar-refractivity contribution in [1.82, 2.24) is 29.5 Å². The number of anilines is 1. The first kappa shape index (κ1) is 30.2. The number of rotatable bonds is 6. The quantitative estimate of drug-likeness (QED) is 0.420. The average molecular weight is 593 g/mol. The largest absolute Gasteiger partial charge is 0.462 e. The normalized spacial score (nSPS) is 19.5. The number of nitrogens with zero attached hydrogens (tertiary/aromatic N) is 8. The molecule has 2 aliphatic rings. The van der Waals surface area contributed by atoms with E-state index in [9.17, 15) is 19.2 Å². The van der Waals surface area contributed by atoms with E-state index in [-0.39, 0.29) is 42.6 Å². The number of likely N-dealkylation sites (tertiary alicyclic amines) is 1. The number of hydrogen-bond donors (Lipinski definition) is 0. The third kappa shape index (κ3) is 6.39. The van der Waals surface area contributed by atoms with Crippen LogP contribution in [-0.2, 0) is 4.74 Å². The maximum absolute atomic E-state index is 14.4. The Hall–Kier alpha value is -4.31. The van der Waals surface area contributed by atoms with Crippen LogP contribution >= 0.6 is 0 Å². The van der Waals surface area contributed by atoms with Crippen molar-refractivity contribution in [3.8, 4) is 17.8 Å². The first-order valence-corrected chi connectivity index (χ1v) is 14.5. The van der Waals surface area contributed by atoms with Crippen LogP contribution in [0.5, 0.6) is 6.01 Å². The second-order valence-electron chi connectivity index (χ2n) is 12.1. The van der Waals surface area contributed by atoms with E-state index >= 15 is 0 Å². The highest BCUT2D eigenvalue weighted by Gasteiger charge is 2.35. The lowest BCUT2D eigenvalue weighted by Gasteiger charge is -2.41. The molecule has 0 bridgehead atoms. The summed E-state index contributed by atoms with van der Waals surface area (Å²) >= 11 is 0. The van der Waals surface area contributed by atoms with Crippen LogP contribution in [-0.4, -0.2) is 93.2 Å². The monoisotopic (exact) mass is 592 g/mol. The summed E-state index contributed by atoms with van der Waals surface area (Å²) in [4.78, 5) is 41.7. The van der Waals surface area contributed by atoms with Gasteiger partial charge in [-0.3, -0.25) is 4.79 Å². The van der Waals surface area contributed by atoms with Crippen molar-refractivity contribution in [2.24, 2.45) is 0 Å². The second-order valence-corrected chi connectivity index (χ2v) is 12.1. The smallest absolute Gasteiger partial charge is 0.410 e. The van der Waals surface area contributed by atoms with Crippen LogP contribution < -0.4 is 15.2 Å². The van der Waals surface area contributed by atoms with Gasteiger partial charge < -0.3 is 24.2 Å². The van der Waals surface area contributed by atoms with Gasteiger partial charge in [-0.05, 0) is 66.3 Å². The molecular weight excluding hydrogens is 555 g/mol. The number of benzene rings is 1. The molecule has 4 heterocycles. The Bertz CT molecular complexity index is 1610. The number of hydrogen-bond acceptors (Lipinski definition) is 10. The third-order valence-corrected chi connectivity index (χ3v) is 7.88. The zero-order chi connectivity index (χ0) is 30.9. The number of aromatic nitrogens is 4. The maximum atomic E-state index is 14.4. The fraction of sp³-hybridized carbons (Fsp3) is 0.533. The standard InChI is InChI=1S/C30H37FN8O4/c1-19-23(31)9-6-10-24(19)39-27(40)25-22(16-33-39)26(35-28(34-25)42-18-21-8-7-13-36(21)5)37-14-15-38(20(17-37)11-12-32)29(41)43-30(2,3)4/h6,9-10,16,20-21H,7-8,11,13-15,17-18H2,1-5H3/t20?,21-/m0/s1. The molecule has 43 heavy (non-hydrogen) atoms. The molecule has 0 N–H and O–H groups in total. The van der Waals surface area contributed by atoms with Crippen molar-refractivity contribution >= 4 is 22.8 Å². The van der Waals surface area contributed by atoms with E-state index in [0.29, 0.717) is 30.0 Å². The van der Waals surface area contributed by atoms with E-state index in [4.69, 9.17) is 14.5 Å². The maximum Gasteiger partial charge on any atom is 0.410 e. The molecule has 1 aromatic carbocycles. The molecule has 2 aliphatic heterocycles. The first-order chi connectivity index (χ1) is 20.5. The summed E-state index contributed by atoms with van der Waals surface area (Å²) in [5, 5.41) is 14.3. The molecule has 2 saturated heterocycles. The van der Waals surface area contributed by atoms with Crippen molar-refractivity contribution in [1.29, 1.82) is 5.26 Å². The van der Waals surface area contributed by atoms with Crippen LogP contribution in [0.3, 0.4) is 0 Å². The second kappa shape index (κ2) is 12.1. The van der Waals surface area contributed by atoms with Gasteiger partial charge in [-0.15, -0.1) is 0 Å². The fourth-order valence-corrected chi connectivity index (χ4v) is 5.54. The lowest BCUT2D eigenvalue weighted by atomic mass is 10.1. The van der Waals surface area contributed by atoms with Gasteiger partial charge in [0.25, 0.3) is 5.56 Å². The zero-order valence-electron chi connectivity index (χ0n) is 25.2. The van der Waals surface area contributed by atoms with Gasteiger partial charge >= 0.3 is 12.1 Å². The summed E-state index contributed by atoms with van der Waals surface area (Å²) in [6.07, 6.45) is 3.14. The fourth-order valence-electron chi connectivity index (χ4n) is 5.54. The molecule has 12 nitrogen and oxygen atoms in total. The zero-order valence-corrected chi connectivity index (χ0v) is 25.2. The molecule has 0 spiro atoms. The molecule has 1 amide bonds. The van der Waals surface area contributed by atoms with Crippen LogP contribution in [0.4, 0.5) is 15.0 Å². The highest BCUT2D eigenvalue weighted by atomic mass is 19.1. The highest BCUT2D eigenvalue weighted by Crippen LogP contribution is 2.29. The van der Waals surface area contributed by atoms with E-state index in [2.05, 4.69) is 21.1 Å². The Balaban J connectivity index is 1.55. The number of fused-ring (bicyclic) bond motifs is 1. The molecule has 0 radical (unpaired) electrons. The summed E-state index contributed by atoms with van der Waals surface area (Å²) in [6, 6.07) is 6.41. The molecule has 0 aliphatic carbocycles. The summed E-state index contributed by atoms with van der Waals surface area (Å²) in [7, 11) is 2.04. The van der Waals surface area contributed by atoms with Gasteiger partial charge in [-0.2, -0.15) is 25.0 Å². The molecule has 2 aromatic heterocycles. The van der Waals surface area contributed by atoms with Gasteiger partial charge in [0.05, 0.1) is 35.8 Å². The van der Waals surface area contributed by atoms with Gasteiger partial charge in [0, 0.05) is 31.2 Å². The molecule has 0 saturated carbocycles. The van der Waals surface area contributed by atoms with Crippen molar-refractivity contribution in [2.45, 2.75) is 64.6 Å². The number of amides is 1. The molecule has 3 aromatic rings. The number of ether oxygens (including phenoxy) is 2. The first-order valence-electron chi connectivity index (χ1n) is 14.5. The van der Waals surface area contributed by atoms with E-state index in [1.54, 1.807) is 38.7 Å². The van der Waals surface area contributed by atoms with Crippen molar-refractivity contribution in [3.63, 3.8) is 0 Å². The number of carbonyl (C=O) groups excluding carboxylic acids is 1. The van der Waals surface area contributed by atoms with Crippen LogP contribution in [0.25, 0.3) is 16.6 Å². The number of halogens is 1. The lowest BCUT2D eigenvalue weighted by Crippen LogP contribution is -2.56.